The summed E-state index contributed by atoms with van der Waals surface area (Å²) in [7, 11) is 0. The second-order valence-electron chi connectivity index (χ2n) is 5.97. The Kier molecular flexibility index (Phi) is 4.80. The van der Waals surface area contributed by atoms with Crippen LogP contribution < -0.4 is 0 Å². The molecule has 1 aromatic carbocycles. The standard InChI is InChI=1S/C16H17Cl2NO4/c17-13-3-1-2-10(15(13)18)11-7-12(11)16(22)19-4-5-23-9(8-19)6-14(20)21/h1-3,9,11-12H,4-8H2,(H,20,21)/t9-,11-,12-/m1/s1. The van der Waals surface area contributed by atoms with Crippen molar-refractivity contribution >= 4 is 35.1 Å². The van der Waals surface area contributed by atoms with Crippen LogP contribution in [0.2, 0.25) is 10.0 Å². The lowest BCUT2D eigenvalue weighted by molar-refractivity contribution is -0.148. The average molecular weight is 358 g/mol. The lowest BCUT2D eigenvalue weighted by atomic mass is 10.1. The first kappa shape index (κ1) is 16.6. The molecule has 23 heavy (non-hydrogen) atoms. The lowest BCUT2D eigenvalue weighted by Gasteiger charge is -2.32. The SMILES string of the molecule is O=C(O)C[C@@H]1CN(C(=O)[C@@H]2C[C@@H]2c2cccc(Cl)c2Cl)CCO1. The third-order valence-electron chi connectivity index (χ3n) is 4.34. The van der Waals surface area contributed by atoms with Crippen LogP contribution in [0.25, 0.3) is 0 Å². The summed E-state index contributed by atoms with van der Waals surface area (Å²) < 4.78 is 5.40. The molecule has 124 valence electrons. The topological polar surface area (TPSA) is 66.8 Å². The van der Waals surface area contributed by atoms with Gasteiger partial charge in [0.2, 0.25) is 5.91 Å². The van der Waals surface area contributed by atoms with E-state index in [9.17, 15) is 9.59 Å². The highest BCUT2D eigenvalue weighted by Gasteiger charge is 2.47. The van der Waals surface area contributed by atoms with E-state index in [-0.39, 0.29) is 24.2 Å². The highest BCUT2D eigenvalue weighted by molar-refractivity contribution is 6.42. The predicted octanol–water partition coefficient (Wildman–Crippen LogP) is 2.80. The van der Waals surface area contributed by atoms with E-state index in [4.69, 9.17) is 33.0 Å². The maximum absolute atomic E-state index is 12.6. The molecule has 7 heteroatoms. The number of benzene rings is 1. The van der Waals surface area contributed by atoms with Crippen LogP contribution in [0.3, 0.4) is 0 Å². The Bertz CT molecular complexity index is 637. The highest BCUT2D eigenvalue weighted by atomic mass is 35.5. The Hall–Kier alpha value is -1.30. The number of ether oxygens (including phenoxy) is 1. The van der Waals surface area contributed by atoms with Crippen molar-refractivity contribution in [3.63, 3.8) is 0 Å². The van der Waals surface area contributed by atoms with E-state index in [0.717, 1.165) is 12.0 Å². The van der Waals surface area contributed by atoms with Crippen LogP contribution in [-0.2, 0) is 14.3 Å². The number of carboxylic acid groups (broad SMARTS) is 1. The molecule has 1 saturated heterocycles. The van der Waals surface area contributed by atoms with Crippen LogP contribution in [0.15, 0.2) is 18.2 Å². The van der Waals surface area contributed by atoms with Gasteiger partial charge in [-0.15, -0.1) is 0 Å². The van der Waals surface area contributed by atoms with Gasteiger partial charge in [-0.1, -0.05) is 35.3 Å². The molecule has 1 aliphatic carbocycles. The summed E-state index contributed by atoms with van der Waals surface area (Å²) in [6.45, 7) is 1.21. The summed E-state index contributed by atoms with van der Waals surface area (Å²) in [5.41, 5.74) is 0.910. The molecule has 0 radical (unpaired) electrons. The average Bonchev–Trinajstić information content (AvgIpc) is 3.29. The molecule has 3 rings (SSSR count). The van der Waals surface area contributed by atoms with Gasteiger partial charge in [-0.25, -0.2) is 0 Å². The van der Waals surface area contributed by atoms with Crippen LogP contribution in [0.5, 0.6) is 0 Å². The molecule has 1 N–H and O–H groups in total. The summed E-state index contributed by atoms with van der Waals surface area (Å²) in [5, 5.41) is 9.86. The maximum Gasteiger partial charge on any atom is 0.306 e. The quantitative estimate of drug-likeness (QED) is 0.899. The zero-order chi connectivity index (χ0) is 16.6. The van der Waals surface area contributed by atoms with Gasteiger partial charge < -0.3 is 14.7 Å². The molecular weight excluding hydrogens is 341 g/mol. The third-order valence-corrected chi connectivity index (χ3v) is 5.17. The van der Waals surface area contributed by atoms with Gasteiger partial charge in [-0.3, -0.25) is 9.59 Å². The van der Waals surface area contributed by atoms with E-state index in [1.165, 1.54) is 0 Å². The van der Waals surface area contributed by atoms with E-state index >= 15 is 0 Å². The van der Waals surface area contributed by atoms with Crippen molar-refractivity contribution in [2.45, 2.75) is 24.9 Å². The first-order valence-electron chi connectivity index (χ1n) is 7.53. The molecule has 3 atom stereocenters. The number of carboxylic acids is 1. The molecule has 5 nitrogen and oxygen atoms in total. The molecule has 1 amide bonds. The van der Waals surface area contributed by atoms with Gasteiger partial charge in [-0.05, 0) is 24.0 Å². The molecule has 1 aromatic rings. The Balaban J connectivity index is 1.63. The number of hydrogen-bond acceptors (Lipinski definition) is 3. The number of rotatable bonds is 4. The van der Waals surface area contributed by atoms with Crippen LogP contribution in [0.4, 0.5) is 0 Å². The largest absolute Gasteiger partial charge is 0.481 e. The van der Waals surface area contributed by atoms with Crippen molar-refractivity contribution in [3.8, 4) is 0 Å². The maximum atomic E-state index is 12.6. The fourth-order valence-corrected chi connectivity index (χ4v) is 3.54. The third kappa shape index (κ3) is 3.62. The molecule has 2 aliphatic rings. The van der Waals surface area contributed by atoms with Crippen molar-refractivity contribution in [2.24, 2.45) is 5.92 Å². The molecule has 1 heterocycles. The van der Waals surface area contributed by atoms with Gasteiger partial charge in [0.05, 0.1) is 29.2 Å². The zero-order valence-electron chi connectivity index (χ0n) is 12.4. The number of aliphatic carboxylic acids is 1. The first-order valence-corrected chi connectivity index (χ1v) is 8.29. The monoisotopic (exact) mass is 357 g/mol. The fourth-order valence-electron chi connectivity index (χ4n) is 3.09. The molecule has 0 aromatic heterocycles. The number of morpholine rings is 1. The minimum absolute atomic E-state index is 0.0460. The van der Waals surface area contributed by atoms with Gasteiger partial charge in [0.1, 0.15) is 0 Å². The first-order chi connectivity index (χ1) is 11.0. The number of halogens is 2. The molecular formula is C16H17Cl2NO4. The normalized spacial score (nSPS) is 26.9. The van der Waals surface area contributed by atoms with Crippen LogP contribution in [-0.4, -0.2) is 47.7 Å². The number of nitrogens with zero attached hydrogens (tertiary/aromatic N) is 1. The summed E-state index contributed by atoms with van der Waals surface area (Å²) in [6.07, 6.45) is 0.231. The number of amides is 1. The van der Waals surface area contributed by atoms with Crippen molar-refractivity contribution in [3.05, 3.63) is 33.8 Å². The fraction of sp³-hybridized carbons (Fsp3) is 0.500. The molecule has 2 fully saturated rings. The van der Waals surface area contributed by atoms with Crippen LogP contribution >= 0.6 is 23.2 Å². The smallest absolute Gasteiger partial charge is 0.306 e. The van der Waals surface area contributed by atoms with Gasteiger partial charge in [0, 0.05) is 19.0 Å². The van der Waals surface area contributed by atoms with Crippen molar-refractivity contribution in [1.82, 2.24) is 4.90 Å². The minimum Gasteiger partial charge on any atom is -0.481 e. The van der Waals surface area contributed by atoms with E-state index < -0.39 is 12.1 Å². The van der Waals surface area contributed by atoms with E-state index in [0.29, 0.717) is 29.7 Å². The van der Waals surface area contributed by atoms with E-state index in [2.05, 4.69) is 0 Å². The Morgan fingerprint density at radius 3 is 2.87 bits per heavy atom. The molecule has 1 saturated carbocycles. The number of hydrogen-bond donors (Lipinski definition) is 1. The summed E-state index contributed by atoms with van der Waals surface area (Å²) in [5.74, 6) is -0.881. The van der Waals surface area contributed by atoms with Gasteiger partial charge in [0.25, 0.3) is 0 Å². The highest BCUT2D eigenvalue weighted by Crippen LogP contribution is 2.51. The Morgan fingerprint density at radius 1 is 1.35 bits per heavy atom. The van der Waals surface area contributed by atoms with Crippen molar-refractivity contribution in [1.29, 1.82) is 0 Å². The second kappa shape index (κ2) is 6.67. The molecule has 0 spiro atoms. The van der Waals surface area contributed by atoms with Gasteiger partial charge in [-0.2, -0.15) is 0 Å². The van der Waals surface area contributed by atoms with Gasteiger partial charge in [0.15, 0.2) is 0 Å². The molecule has 1 aliphatic heterocycles. The van der Waals surface area contributed by atoms with E-state index in [1.807, 2.05) is 12.1 Å². The molecule has 0 unspecified atom stereocenters. The summed E-state index contributed by atoms with van der Waals surface area (Å²) in [4.78, 5) is 25.1. The Morgan fingerprint density at radius 2 is 2.13 bits per heavy atom. The summed E-state index contributed by atoms with van der Waals surface area (Å²) in [6, 6.07) is 5.46. The summed E-state index contributed by atoms with van der Waals surface area (Å²) >= 11 is 12.3. The van der Waals surface area contributed by atoms with Crippen molar-refractivity contribution < 1.29 is 19.4 Å². The number of carbonyl (C=O) groups is 2. The van der Waals surface area contributed by atoms with Crippen molar-refractivity contribution in [2.75, 3.05) is 19.7 Å². The number of carbonyl (C=O) groups excluding carboxylic acids is 1. The van der Waals surface area contributed by atoms with Gasteiger partial charge >= 0.3 is 5.97 Å². The Labute approximate surface area is 144 Å². The van der Waals surface area contributed by atoms with Crippen LogP contribution in [0.1, 0.15) is 24.3 Å². The zero-order valence-corrected chi connectivity index (χ0v) is 13.9. The predicted molar refractivity (Wildman–Crippen MR) is 85.9 cm³/mol. The lowest BCUT2D eigenvalue weighted by Crippen LogP contribution is -2.47. The minimum atomic E-state index is -0.917. The second-order valence-corrected chi connectivity index (χ2v) is 6.75. The van der Waals surface area contributed by atoms with E-state index in [1.54, 1.807) is 11.0 Å². The van der Waals surface area contributed by atoms with Crippen LogP contribution in [0, 0.1) is 5.92 Å². The molecule has 0 bridgehead atoms.